The first-order chi connectivity index (χ1) is 6.85. The quantitative estimate of drug-likeness (QED) is 0.814. The highest BCUT2D eigenvalue weighted by Gasteiger charge is 2.05. The molecule has 0 saturated heterocycles. The highest BCUT2D eigenvalue weighted by atomic mass is 32.2. The van der Waals surface area contributed by atoms with E-state index in [0.29, 0.717) is 5.56 Å². The molecule has 4 heteroatoms. The largest absolute Gasteiger partial charge is 0.341 e. The normalized spacial score (nSPS) is 10.3. The second-order valence-electron chi connectivity index (χ2n) is 2.93. The zero-order valence-electron chi connectivity index (χ0n) is 7.74. The van der Waals surface area contributed by atoms with Gasteiger partial charge >= 0.3 is 0 Å². The van der Waals surface area contributed by atoms with Crippen LogP contribution in [-0.4, -0.2) is 16.2 Å². The summed E-state index contributed by atoms with van der Waals surface area (Å²) >= 11 is 1.71. The van der Waals surface area contributed by atoms with Gasteiger partial charge in [0.1, 0.15) is 17.4 Å². The predicted molar refractivity (Wildman–Crippen MR) is 58.0 cm³/mol. The number of thioether (sulfide) groups is 1. The van der Waals surface area contributed by atoms with Crippen molar-refractivity contribution in [3.8, 4) is 6.07 Å². The zero-order chi connectivity index (χ0) is 9.97. The number of aromatic nitrogens is 2. The van der Waals surface area contributed by atoms with E-state index < -0.39 is 0 Å². The Morgan fingerprint density at radius 3 is 3.14 bits per heavy atom. The number of nitrogens with zero attached hydrogens (tertiary/aromatic N) is 2. The molecule has 2 rings (SSSR count). The van der Waals surface area contributed by atoms with E-state index in [1.54, 1.807) is 17.8 Å². The second-order valence-corrected chi connectivity index (χ2v) is 3.80. The van der Waals surface area contributed by atoms with E-state index in [1.165, 1.54) is 0 Å². The molecular formula is C10H9N3S. The Hall–Kier alpha value is -1.47. The summed E-state index contributed by atoms with van der Waals surface area (Å²) in [5.74, 6) is 1.77. The Bertz CT molecular complexity index is 496. The Morgan fingerprint density at radius 1 is 1.57 bits per heavy atom. The summed E-state index contributed by atoms with van der Waals surface area (Å²) in [5, 5.41) is 8.87. The topological polar surface area (TPSA) is 52.5 Å². The summed E-state index contributed by atoms with van der Waals surface area (Å²) in [7, 11) is 0. The number of rotatable bonds is 2. The summed E-state index contributed by atoms with van der Waals surface area (Å²) in [6.45, 7) is 0. The van der Waals surface area contributed by atoms with Gasteiger partial charge in [0.2, 0.25) is 0 Å². The molecule has 0 radical (unpaired) electrons. The number of para-hydroxylation sites is 1. The van der Waals surface area contributed by atoms with Crippen LogP contribution in [-0.2, 0) is 5.75 Å². The number of hydrogen-bond donors (Lipinski definition) is 1. The van der Waals surface area contributed by atoms with Gasteiger partial charge in [-0.15, -0.1) is 0 Å². The molecule has 0 aliphatic rings. The maximum atomic E-state index is 8.87. The van der Waals surface area contributed by atoms with Crippen LogP contribution in [0, 0.1) is 11.3 Å². The third-order valence-electron chi connectivity index (χ3n) is 1.96. The van der Waals surface area contributed by atoms with E-state index in [-0.39, 0.29) is 0 Å². The van der Waals surface area contributed by atoms with E-state index in [4.69, 9.17) is 5.26 Å². The van der Waals surface area contributed by atoms with Crippen LogP contribution in [0.15, 0.2) is 18.2 Å². The van der Waals surface area contributed by atoms with Crippen LogP contribution >= 0.6 is 11.8 Å². The van der Waals surface area contributed by atoms with E-state index in [0.717, 1.165) is 22.6 Å². The molecule has 0 unspecified atom stereocenters. The van der Waals surface area contributed by atoms with Crippen LogP contribution < -0.4 is 0 Å². The molecule has 0 spiro atoms. The maximum Gasteiger partial charge on any atom is 0.117 e. The number of imidazole rings is 1. The van der Waals surface area contributed by atoms with Crippen molar-refractivity contribution in [1.29, 1.82) is 5.26 Å². The van der Waals surface area contributed by atoms with Crippen LogP contribution in [0.5, 0.6) is 0 Å². The summed E-state index contributed by atoms with van der Waals surface area (Å²) < 4.78 is 0. The lowest BCUT2D eigenvalue weighted by atomic mass is 10.2. The van der Waals surface area contributed by atoms with Crippen LogP contribution in [0.25, 0.3) is 11.0 Å². The summed E-state index contributed by atoms with van der Waals surface area (Å²) in [4.78, 5) is 7.56. The van der Waals surface area contributed by atoms with Crippen molar-refractivity contribution in [3.63, 3.8) is 0 Å². The fourth-order valence-electron chi connectivity index (χ4n) is 1.38. The van der Waals surface area contributed by atoms with Gasteiger partial charge in [0, 0.05) is 0 Å². The number of hydrogen-bond acceptors (Lipinski definition) is 3. The average Bonchev–Trinajstić information content (AvgIpc) is 2.60. The molecule has 0 aliphatic heterocycles. The predicted octanol–water partition coefficient (Wildman–Crippen LogP) is 2.30. The molecule has 0 aliphatic carbocycles. The lowest BCUT2D eigenvalue weighted by Gasteiger charge is -1.88. The van der Waals surface area contributed by atoms with Gasteiger partial charge in [-0.05, 0) is 18.4 Å². The minimum Gasteiger partial charge on any atom is -0.341 e. The molecule has 70 valence electrons. The molecule has 0 fully saturated rings. The molecule has 1 N–H and O–H groups in total. The number of H-pyrrole nitrogens is 1. The Labute approximate surface area is 86.2 Å². The van der Waals surface area contributed by atoms with Gasteiger partial charge in [0.15, 0.2) is 0 Å². The van der Waals surface area contributed by atoms with E-state index in [1.807, 2.05) is 18.4 Å². The van der Waals surface area contributed by atoms with Gasteiger partial charge in [0.25, 0.3) is 0 Å². The third-order valence-corrected chi connectivity index (χ3v) is 2.53. The highest BCUT2D eigenvalue weighted by molar-refractivity contribution is 7.97. The molecule has 0 atom stereocenters. The summed E-state index contributed by atoms with van der Waals surface area (Å²) in [6, 6.07) is 7.72. The molecule has 2 aromatic rings. The van der Waals surface area contributed by atoms with Gasteiger partial charge in [-0.2, -0.15) is 17.0 Å². The lowest BCUT2D eigenvalue weighted by molar-refractivity contribution is 1.14. The average molecular weight is 203 g/mol. The van der Waals surface area contributed by atoms with E-state index in [2.05, 4.69) is 16.0 Å². The minimum absolute atomic E-state index is 0.631. The molecular weight excluding hydrogens is 194 g/mol. The molecule has 1 heterocycles. The van der Waals surface area contributed by atoms with Gasteiger partial charge < -0.3 is 4.98 Å². The minimum atomic E-state index is 0.631. The standard InChI is InChI=1S/C10H9N3S/c1-14-6-9-12-8-4-2-3-7(5-11)10(8)13-9/h2-4H,6H2,1H3,(H,12,13). The number of fused-ring (bicyclic) bond motifs is 1. The number of benzene rings is 1. The Morgan fingerprint density at radius 2 is 2.43 bits per heavy atom. The van der Waals surface area contributed by atoms with Crippen molar-refractivity contribution in [1.82, 2.24) is 9.97 Å². The van der Waals surface area contributed by atoms with Crippen molar-refractivity contribution in [2.24, 2.45) is 0 Å². The fourth-order valence-corrected chi connectivity index (χ4v) is 1.79. The van der Waals surface area contributed by atoms with E-state index >= 15 is 0 Å². The van der Waals surface area contributed by atoms with Crippen molar-refractivity contribution < 1.29 is 0 Å². The lowest BCUT2D eigenvalue weighted by Crippen LogP contribution is -1.81. The van der Waals surface area contributed by atoms with E-state index in [9.17, 15) is 0 Å². The van der Waals surface area contributed by atoms with Crippen molar-refractivity contribution in [2.75, 3.05) is 6.26 Å². The number of aromatic amines is 1. The molecule has 3 nitrogen and oxygen atoms in total. The molecule has 0 saturated carbocycles. The fraction of sp³-hybridized carbons (Fsp3) is 0.200. The molecule has 0 amide bonds. The van der Waals surface area contributed by atoms with Crippen LogP contribution in [0.4, 0.5) is 0 Å². The first-order valence-electron chi connectivity index (χ1n) is 4.22. The molecule has 1 aromatic heterocycles. The SMILES string of the molecule is CSCc1nc2c(C#N)cccc2[nH]1. The smallest absolute Gasteiger partial charge is 0.117 e. The Kier molecular flexibility index (Phi) is 2.42. The molecule has 1 aromatic carbocycles. The maximum absolute atomic E-state index is 8.87. The van der Waals surface area contributed by atoms with Gasteiger partial charge in [-0.1, -0.05) is 6.07 Å². The van der Waals surface area contributed by atoms with Crippen LogP contribution in [0.3, 0.4) is 0 Å². The van der Waals surface area contributed by atoms with Gasteiger partial charge in [-0.25, -0.2) is 4.98 Å². The summed E-state index contributed by atoms with van der Waals surface area (Å²) in [5.41, 5.74) is 2.35. The monoisotopic (exact) mass is 203 g/mol. The van der Waals surface area contributed by atoms with Crippen molar-refractivity contribution in [3.05, 3.63) is 29.6 Å². The van der Waals surface area contributed by atoms with Crippen molar-refractivity contribution in [2.45, 2.75) is 5.75 Å². The van der Waals surface area contributed by atoms with Crippen LogP contribution in [0.1, 0.15) is 11.4 Å². The molecule has 14 heavy (non-hydrogen) atoms. The third kappa shape index (κ3) is 1.47. The van der Waals surface area contributed by atoms with Gasteiger partial charge in [0.05, 0.1) is 16.8 Å². The first-order valence-corrected chi connectivity index (χ1v) is 5.61. The zero-order valence-corrected chi connectivity index (χ0v) is 8.56. The number of nitrogens with one attached hydrogen (secondary N) is 1. The summed E-state index contributed by atoms with van der Waals surface area (Å²) in [6.07, 6.45) is 2.03. The Balaban J connectivity index is 2.60. The first kappa shape index (κ1) is 9.10. The number of nitriles is 1. The van der Waals surface area contributed by atoms with Gasteiger partial charge in [-0.3, -0.25) is 0 Å². The van der Waals surface area contributed by atoms with Crippen LogP contribution in [0.2, 0.25) is 0 Å². The molecule has 0 bridgehead atoms. The highest BCUT2D eigenvalue weighted by Crippen LogP contribution is 2.17. The van der Waals surface area contributed by atoms with Crippen molar-refractivity contribution >= 4 is 22.8 Å². The second kappa shape index (κ2) is 3.72.